The molecule has 1 saturated carbocycles. The van der Waals surface area contributed by atoms with Crippen molar-refractivity contribution in [3.8, 4) is 11.3 Å². The van der Waals surface area contributed by atoms with Crippen molar-refractivity contribution < 1.29 is 13.9 Å². The van der Waals surface area contributed by atoms with Gasteiger partial charge >= 0.3 is 6.09 Å². The smallest absolute Gasteiger partial charge is 0.408 e. The summed E-state index contributed by atoms with van der Waals surface area (Å²) >= 11 is 2.31. The number of fused-ring (bicyclic) bond motifs is 1. The van der Waals surface area contributed by atoms with Gasteiger partial charge in [-0.15, -0.1) is 0 Å². The number of alkyl carbamates (subject to hydrolysis) is 1. The molecule has 3 aromatic rings. The van der Waals surface area contributed by atoms with Gasteiger partial charge in [-0.3, -0.25) is 4.98 Å². The number of carbonyl (C=O) groups excluding carboxylic acids is 1. The minimum Gasteiger partial charge on any atom is -0.453 e. The molecule has 0 bridgehead atoms. The third-order valence-corrected chi connectivity index (χ3v) is 6.15. The molecule has 0 aliphatic heterocycles. The molecule has 1 N–H and O–H groups in total. The molecule has 0 atom stereocenters. The second-order valence-corrected chi connectivity index (χ2v) is 9.34. The number of amides is 1. The molecule has 0 radical (unpaired) electrons. The van der Waals surface area contributed by atoms with Crippen LogP contribution in [-0.2, 0) is 10.3 Å². The molecule has 28 heavy (non-hydrogen) atoms. The molecule has 2 heterocycles. The Bertz CT molecular complexity index is 1010. The standard InChI is InChI=1S/C22H23IN2O3/c1-21(2,3)28-20(26)25-22(10-4-11-22)15-7-5-14(6-8-15)19-18(23)16-9-12-24-13-17(16)27-19/h5-9,12-13H,4,10-11H2,1-3H3,(H,25,26). The van der Waals surface area contributed by atoms with E-state index < -0.39 is 5.60 Å². The highest BCUT2D eigenvalue weighted by molar-refractivity contribution is 14.1. The maximum atomic E-state index is 12.3. The van der Waals surface area contributed by atoms with Crippen LogP contribution in [0.3, 0.4) is 0 Å². The van der Waals surface area contributed by atoms with E-state index in [4.69, 9.17) is 9.15 Å². The van der Waals surface area contributed by atoms with Gasteiger partial charge in [0, 0.05) is 17.1 Å². The normalized spacial score (nSPS) is 15.9. The summed E-state index contributed by atoms with van der Waals surface area (Å²) in [7, 11) is 0. The molecule has 0 saturated heterocycles. The molecule has 1 amide bonds. The summed E-state index contributed by atoms with van der Waals surface area (Å²) in [5.41, 5.74) is 2.04. The van der Waals surface area contributed by atoms with Gasteiger partial charge in [0.2, 0.25) is 0 Å². The molecule has 2 aromatic heterocycles. The monoisotopic (exact) mass is 490 g/mol. The highest BCUT2D eigenvalue weighted by Gasteiger charge is 2.41. The molecule has 1 fully saturated rings. The largest absolute Gasteiger partial charge is 0.453 e. The van der Waals surface area contributed by atoms with Crippen molar-refractivity contribution in [3.63, 3.8) is 0 Å². The van der Waals surface area contributed by atoms with Crippen LogP contribution < -0.4 is 5.32 Å². The lowest BCUT2D eigenvalue weighted by atomic mass is 9.72. The number of nitrogens with one attached hydrogen (secondary N) is 1. The summed E-state index contributed by atoms with van der Waals surface area (Å²) in [6, 6.07) is 10.2. The van der Waals surface area contributed by atoms with E-state index in [0.29, 0.717) is 0 Å². The predicted octanol–water partition coefficient (Wildman–Crippen LogP) is 6.00. The van der Waals surface area contributed by atoms with E-state index in [1.54, 1.807) is 12.4 Å². The van der Waals surface area contributed by atoms with Crippen LogP contribution in [0.4, 0.5) is 4.79 Å². The van der Waals surface area contributed by atoms with Gasteiger partial charge in [0.05, 0.1) is 15.3 Å². The Morgan fingerprint density at radius 2 is 1.93 bits per heavy atom. The van der Waals surface area contributed by atoms with E-state index in [1.807, 2.05) is 26.8 Å². The number of halogens is 1. The summed E-state index contributed by atoms with van der Waals surface area (Å²) in [4.78, 5) is 16.4. The number of ether oxygens (including phenoxy) is 1. The molecule has 146 valence electrons. The molecular weight excluding hydrogens is 467 g/mol. The van der Waals surface area contributed by atoms with Gasteiger partial charge in [0.15, 0.2) is 5.58 Å². The third kappa shape index (κ3) is 3.62. The van der Waals surface area contributed by atoms with Gasteiger partial charge in [-0.25, -0.2) is 4.79 Å². The SMILES string of the molecule is CC(C)(C)OC(=O)NC1(c2ccc(-c3oc4cnccc4c3I)cc2)CCC1. The van der Waals surface area contributed by atoms with Crippen LogP contribution in [0, 0.1) is 3.57 Å². The van der Waals surface area contributed by atoms with E-state index >= 15 is 0 Å². The van der Waals surface area contributed by atoms with Crippen LogP contribution in [0.15, 0.2) is 47.1 Å². The Kier molecular flexibility index (Phi) is 4.85. The fourth-order valence-corrected chi connectivity index (χ4v) is 4.43. The van der Waals surface area contributed by atoms with Gasteiger partial charge in [-0.2, -0.15) is 0 Å². The molecule has 1 aromatic carbocycles. The number of benzene rings is 1. The summed E-state index contributed by atoms with van der Waals surface area (Å²) in [5, 5.41) is 4.17. The topological polar surface area (TPSA) is 64.4 Å². The van der Waals surface area contributed by atoms with Crippen LogP contribution in [0.2, 0.25) is 0 Å². The number of aromatic nitrogens is 1. The minimum absolute atomic E-state index is 0.341. The molecule has 4 rings (SSSR count). The van der Waals surface area contributed by atoms with Crippen molar-refractivity contribution in [1.29, 1.82) is 0 Å². The van der Waals surface area contributed by atoms with E-state index in [0.717, 1.165) is 50.7 Å². The van der Waals surface area contributed by atoms with E-state index in [1.165, 1.54) is 0 Å². The van der Waals surface area contributed by atoms with Crippen molar-refractivity contribution in [2.45, 2.75) is 51.2 Å². The van der Waals surface area contributed by atoms with E-state index in [9.17, 15) is 4.79 Å². The average Bonchev–Trinajstić information content (AvgIpc) is 2.94. The average molecular weight is 490 g/mol. The first-order valence-electron chi connectivity index (χ1n) is 9.42. The summed E-state index contributed by atoms with van der Waals surface area (Å²) < 4.78 is 12.5. The fourth-order valence-electron chi connectivity index (χ4n) is 3.56. The predicted molar refractivity (Wildman–Crippen MR) is 117 cm³/mol. The number of rotatable bonds is 3. The zero-order valence-electron chi connectivity index (χ0n) is 16.2. The van der Waals surface area contributed by atoms with Crippen molar-refractivity contribution in [1.82, 2.24) is 10.3 Å². The number of pyridine rings is 1. The van der Waals surface area contributed by atoms with Crippen molar-refractivity contribution >= 4 is 39.7 Å². The summed E-state index contributed by atoms with van der Waals surface area (Å²) in [6.07, 6.45) is 6.07. The Morgan fingerprint density at radius 1 is 1.21 bits per heavy atom. The minimum atomic E-state index is -0.508. The zero-order valence-corrected chi connectivity index (χ0v) is 18.4. The summed E-state index contributed by atoms with van der Waals surface area (Å²) in [5.74, 6) is 0.845. The Hall–Kier alpha value is -2.09. The van der Waals surface area contributed by atoms with Crippen LogP contribution in [-0.4, -0.2) is 16.7 Å². The molecule has 0 spiro atoms. The number of hydrogen-bond donors (Lipinski definition) is 1. The van der Waals surface area contributed by atoms with Crippen molar-refractivity contribution in [2.24, 2.45) is 0 Å². The number of nitrogens with zero attached hydrogens (tertiary/aromatic N) is 1. The number of hydrogen-bond acceptors (Lipinski definition) is 4. The third-order valence-electron chi connectivity index (χ3n) is 5.08. The second kappa shape index (κ2) is 7.06. The molecule has 1 aliphatic rings. The second-order valence-electron chi connectivity index (χ2n) is 8.26. The number of furan rings is 1. The summed E-state index contributed by atoms with van der Waals surface area (Å²) in [6.45, 7) is 5.62. The Morgan fingerprint density at radius 3 is 2.50 bits per heavy atom. The van der Waals surface area contributed by atoms with Crippen LogP contribution in [0.5, 0.6) is 0 Å². The van der Waals surface area contributed by atoms with Crippen molar-refractivity contribution in [2.75, 3.05) is 0 Å². The van der Waals surface area contributed by atoms with E-state index in [-0.39, 0.29) is 11.6 Å². The zero-order chi connectivity index (χ0) is 19.9. The molecule has 1 aliphatic carbocycles. The van der Waals surface area contributed by atoms with E-state index in [2.05, 4.69) is 57.2 Å². The first kappa shape index (κ1) is 19.2. The van der Waals surface area contributed by atoms with Crippen LogP contribution in [0.25, 0.3) is 22.3 Å². The van der Waals surface area contributed by atoms with Crippen LogP contribution in [0.1, 0.15) is 45.6 Å². The van der Waals surface area contributed by atoms with Gasteiger partial charge in [-0.1, -0.05) is 24.3 Å². The Balaban J connectivity index is 1.59. The van der Waals surface area contributed by atoms with Gasteiger partial charge in [0.25, 0.3) is 0 Å². The first-order chi connectivity index (χ1) is 13.3. The lowest BCUT2D eigenvalue weighted by Crippen LogP contribution is -2.52. The number of carbonyl (C=O) groups is 1. The fraction of sp³-hybridized carbons (Fsp3) is 0.364. The maximum absolute atomic E-state index is 12.3. The molecule has 6 heteroatoms. The first-order valence-corrected chi connectivity index (χ1v) is 10.5. The molecular formula is C22H23IN2O3. The quantitative estimate of drug-likeness (QED) is 0.458. The highest BCUT2D eigenvalue weighted by atomic mass is 127. The molecule has 5 nitrogen and oxygen atoms in total. The Labute approximate surface area is 178 Å². The lowest BCUT2D eigenvalue weighted by molar-refractivity contribution is 0.0377. The lowest BCUT2D eigenvalue weighted by Gasteiger charge is -2.43. The maximum Gasteiger partial charge on any atom is 0.408 e. The van der Waals surface area contributed by atoms with Crippen molar-refractivity contribution in [3.05, 3.63) is 51.9 Å². The molecule has 0 unspecified atom stereocenters. The van der Waals surface area contributed by atoms with Gasteiger partial charge in [-0.05, 0) is 74.3 Å². The van der Waals surface area contributed by atoms with Crippen LogP contribution >= 0.6 is 22.6 Å². The van der Waals surface area contributed by atoms with Gasteiger partial charge in [0.1, 0.15) is 11.4 Å². The highest BCUT2D eigenvalue weighted by Crippen LogP contribution is 2.42. The van der Waals surface area contributed by atoms with Gasteiger partial charge < -0.3 is 14.5 Å².